The first-order valence-electron chi connectivity index (χ1n) is 11.8. The summed E-state index contributed by atoms with van der Waals surface area (Å²) in [6, 6.07) is 8.63. The highest BCUT2D eigenvalue weighted by Crippen LogP contribution is 2.52. The number of hydrogen-bond donors (Lipinski definition) is 4. The number of ether oxygens (including phenoxy) is 2. The lowest BCUT2D eigenvalue weighted by molar-refractivity contribution is -0.286. The number of alkyl halides is 2. The average Bonchev–Trinajstić information content (AvgIpc) is 3.50. The lowest BCUT2D eigenvalue weighted by atomic mass is 9.90. The van der Waals surface area contributed by atoms with Crippen LogP contribution in [0.15, 0.2) is 36.4 Å². The number of aliphatic hydroxyl groups excluding tert-OH is 3. The summed E-state index contributed by atoms with van der Waals surface area (Å²) in [6.07, 6.45) is -3.97. The Bertz CT molecular complexity index is 1400. The maximum Gasteiger partial charge on any atom is 0.586 e. The van der Waals surface area contributed by atoms with Gasteiger partial charge in [-0.1, -0.05) is 19.9 Å². The van der Waals surface area contributed by atoms with Crippen molar-refractivity contribution < 1.29 is 48.5 Å². The standard InChI is InChI=1S/C26H27F3N2O6.4H2/c1-24(2,13-33)22-8-14-7-18(17(27)10-19(14)31(22)11-16(34)12-32)30-23(35)25(5-6-25)15-3-4-20-21(9-15)37-26(28,29)36-20;;;;/h3-4,7-10,16,32-34H,5-6,11-13H2,1-2H3,(H,30,35);4*1H/t16-;;;;/m0..../s1. The number of hydrogen-bond acceptors (Lipinski definition) is 6. The second-order valence-corrected chi connectivity index (χ2v) is 10.3. The molecule has 1 aromatic heterocycles. The Kier molecular flexibility index (Phi) is 5.93. The minimum absolute atomic E-state index is 0. The number of nitrogens with one attached hydrogen (secondary N) is 1. The Morgan fingerprint density at radius 3 is 2.51 bits per heavy atom. The lowest BCUT2D eigenvalue weighted by Gasteiger charge is -2.25. The summed E-state index contributed by atoms with van der Waals surface area (Å²) in [5.41, 5.74) is -0.304. The molecule has 206 valence electrons. The first kappa shape index (κ1) is 25.4. The maximum atomic E-state index is 15.2. The summed E-state index contributed by atoms with van der Waals surface area (Å²) in [5, 5.41) is 32.5. The van der Waals surface area contributed by atoms with E-state index in [2.05, 4.69) is 14.8 Å². The van der Waals surface area contributed by atoms with Crippen LogP contribution < -0.4 is 14.8 Å². The van der Waals surface area contributed by atoms with Gasteiger partial charge in [-0.15, -0.1) is 8.78 Å². The Morgan fingerprint density at radius 2 is 1.86 bits per heavy atom. The molecule has 4 N–H and O–H groups in total. The Balaban J connectivity index is 0.00000210. The van der Waals surface area contributed by atoms with Crippen molar-refractivity contribution in [3.8, 4) is 11.5 Å². The van der Waals surface area contributed by atoms with Gasteiger partial charge in [0.25, 0.3) is 0 Å². The number of rotatable bonds is 8. The highest BCUT2D eigenvalue weighted by Gasteiger charge is 2.53. The van der Waals surface area contributed by atoms with Gasteiger partial charge < -0.3 is 34.7 Å². The molecule has 1 aliphatic heterocycles. The second-order valence-electron chi connectivity index (χ2n) is 10.3. The van der Waals surface area contributed by atoms with Crippen LogP contribution in [0.25, 0.3) is 10.9 Å². The predicted octanol–water partition coefficient (Wildman–Crippen LogP) is 4.38. The van der Waals surface area contributed by atoms with Crippen molar-refractivity contribution in [3.63, 3.8) is 0 Å². The number of anilines is 1. The normalized spacial score (nSPS) is 18.2. The monoisotopic (exact) mass is 528 g/mol. The molecule has 2 aliphatic rings. The third kappa shape index (κ3) is 4.41. The molecule has 2 heterocycles. The van der Waals surface area contributed by atoms with E-state index in [4.69, 9.17) is 0 Å². The summed E-state index contributed by atoms with van der Waals surface area (Å²) < 4.78 is 52.6. The molecule has 0 spiro atoms. The number of benzene rings is 2. The van der Waals surface area contributed by atoms with Crippen LogP contribution in [-0.2, 0) is 22.2 Å². The van der Waals surface area contributed by atoms with Crippen LogP contribution in [0.4, 0.5) is 18.9 Å². The van der Waals surface area contributed by atoms with Crippen molar-refractivity contribution in [1.29, 1.82) is 0 Å². The SMILES string of the molecule is CC(C)(CO)c1cc2cc(NC(=O)C3(c4ccc5c(c4)OC(F)(F)O5)CC3)c(F)cc2n1C[C@H](O)CO.[HH].[HH].[HH].[HH]. The second kappa shape index (κ2) is 8.64. The summed E-state index contributed by atoms with van der Waals surface area (Å²) in [6.45, 7) is 2.86. The van der Waals surface area contributed by atoms with Crippen LogP contribution >= 0.6 is 0 Å². The number of carbonyl (C=O) groups is 1. The molecule has 1 amide bonds. The summed E-state index contributed by atoms with van der Waals surface area (Å²) >= 11 is 0. The number of fused-ring (bicyclic) bond motifs is 2. The molecular weight excluding hydrogens is 493 g/mol. The van der Waals surface area contributed by atoms with Gasteiger partial charge in [0, 0.05) is 28.3 Å². The van der Waals surface area contributed by atoms with Gasteiger partial charge in [-0.3, -0.25) is 4.79 Å². The molecule has 0 saturated heterocycles. The molecule has 1 saturated carbocycles. The molecule has 11 heteroatoms. The van der Waals surface area contributed by atoms with Crippen LogP contribution in [-0.4, -0.2) is 51.4 Å². The molecule has 37 heavy (non-hydrogen) atoms. The van der Waals surface area contributed by atoms with Gasteiger partial charge in [-0.2, -0.15) is 0 Å². The summed E-state index contributed by atoms with van der Waals surface area (Å²) in [4.78, 5) is 13.3. The quantitative estimate of drug-likeness (QED) is 0.345. The molecule has 0 bridgehead atoms. The fourth-order valence-corrected chi connectivity index (χ4v) is 4.75. The fourth-order valence-electron chi connectivity index (χ4n) is 4.75. The number of nitrogens with zero attached hydrogens (tertiary/aromatic N) is 1. The van der Waals surface area contributed by atoms with Crippen molar-refractivity contribution in [2.45, 2.75) is 56.5 Å². The molecule has 0 unspecified atom stereocenters. The molecule has 1 aliphatic carbocycles. The van der Waals surface area contributed by atoms with Crippen molar-refractivity contribution >= 4 is 22.5 Å². The number of carbonyl (C=O) groups excluding carboxylic acids is 1. The third-order valence-corrected chi connectivity index (χ3v) is 7.07. The summed E-state index contributed by atoms with van der Waals surface area (Å²) in [5.74, 6) is -1.49. The lowest BCUT2D eigenvalue weighted by Crippen LogP contribution is -2.29. The minimum atomic E-state index is -3.77. The largest absolute Gasteiger partial charge is 0.586 e. The van der Waals surface area contributed by atoms with Gasteiger partial charge in [0.1, 0.15) is 5.82 Å². The summed E-state index contributed by atoms with van der Waals surface area (Å²) in [7, 11) is 0. The number of halogens is 3. The zero-order valence-electron chi connectivity index (χ0n) is 20.2. The van der Waals surface area contributed by atoms with Crippen LogP contribution in [0.5, 0.6) is 11.5 Å². The first-order chi connectivity index (χ1) is 17.4. The zero-order chi connectivity index (χ0) is 26.8. The Labute approximate surface area is 216 Å². The van der Waals surface area contributed by atoms with E-state index in [1.54, 1.807) is 24.5 Å². The molecular formula is C26H35F3N2O6. The van der Waals surface area contributed by atoms with Crippen molar-refractivity contribution in [2.24, 2.45) is 0 Å². The average molecular weight is 529 g/mol. The van der Waals surface area contributed by atoms with E-state index in [1.165, 1.54) is 30.3 Å². The molecule has 3 aromatic rings. The van der Waals surface area contributed by atoms with E-state index in [-0.39, 0.29) is 36.0 Å². The van der Waals surface area contributed by atoms with Gasteiger partial charge in [-0.25, -0.2) is 4.39 Å². The first-order valence-corrected chi connectivity index (χ1v) is 11.8. The van der Waals surface area contributed by atoms with Gasteiger partial charge >= 0.3 is 6.29 Å². The topological polar surface area (TPSA) is 113 Å². The van der Waals surface area contributed by atoms with Crippen LogP contribution in [0, 0.1) is 5.82 Å². The van der Waals surface area contributed by atoms with Gasteiger partial charge in [0.2, 0.25) is 5.91 Å². The smallest absolute Gasteiger partial charge is 0.395 e. The number of aliphatic hydroxyl groups is 3. The van der Waals surface area contributed by atoms with Crippen LogP contribution in [0.1, 0.15) is 43.7 Å². The fraction of sp³-hybridized carbons (Fsp3) is 0.423. The number of aromatic nitrogens is 1. The minimum Gasteiger partial charge on any atom is -0.395 e. The highest BCUT2D eigenvalue weighted by molar-refractivity contribution is 6.02. The Hall–Kier alpha value is -3.28. The molecule has 2 aromatic carbocycles. The van der Waals surface area contributed by atoms with E-state index in [0.717, 1.165) is 0 Å². The molecule has 1 atom stereocenters. The van der Waals surface area contributed by atoms with E-state index in [0.29, 0.717) is 35.0 Å². The molecule has 0 radical (unpaired) electrons. The molecule has 5 rings (SSSR count). The van der Waals surface area contributed by atoms with E-state index in [1.807, 2.05) is 0 Å². The zero-order valence-corrected chi connectivity index (χ0v) is 20.2. The Morgan fingerprint density at radius 1 is 1.16 bits per heavy atom. The number of amides is 1. The van der Waals surface area contributed by atoms with Crippen LogP contribution in [0.2, 0.25) is 0 Å². The predicted molar refractivity (Wildman–Crippen MR) is 136 cm³/mol. The maximum absolute atomic E-state index is 15.2. The van der Waals surface area contributed by atoms with Crippen LogP contribution in [0.3, 0.4) is 0 Å². The highest BCUT2D eigenvalue weighted by atomic mass is 19.3. The third-order valence-electron chi connectivity index (χ3n) is 7.07. The van der Waals surface area contributed by atoms with Gasteiger partial charge in [-0.05, 0) is 42.7 Å². The molecule has 8 nitrogen and oxygen atoms in total. The van der Waals surface area contributed by atoms with Gasteiger partial charge in [0.05, 0.1) is 42.5 Å². The molecule has 1 fully saturated rings. The van der Waals surface area contributed by atoms with Crippen molar-refractivity contribution in [2.75, 3.05) is 18.5 Å². The van der Waals surface area contributed by atoms with Gasteiger partial charge in [0.15, 0.2) is 11.5 Å². The van der Waals surface area contributed by atoms with Crippen molar-refractivity contribution in [3.05, 3.63) is 53.5 Å². The van der Waals surface area contributed by atoms with E-state index < -0.39 is 41.6 Å². The van der Waals surface area contributed by atoms with E-state index >= 15 is 4.39 Å². The van der Waals surface area contributed by atoms with Crippen molar-refractivity contribution in [1.82, 2.24) is 4.57 Å². The van der Waals surface area contributed by atoms with E-state index in [9.17, 15) is 28.9 Å².